The first-order chi connectivity index (χ1) is 14.8. The van der Waals surface area contributed by atoms with Crippen LogP contribution in [0.5, 0.6) is 5.75 Å². The monoisotopic (exact) mass is 476 g/mol. The zero-order chi connectivity index (χ0) is 22.4. The zero-order valence-corrected chi connectivity index (χ0v) is 19.5. The van der Waals surface area contributed by atoms with E-state index in [2.05, 4.69) is 10.6 Å². The lowest BCUT2D eigenvalue weighted by molar-refractivity contribution is -0.118. The van der Waals surface area contributed by atoms with Crippen LogP contribution in [0, 0.1) is 5.92 Å². The third-order valence-electron chi connectivity index (χ3n) is 4.56. The van der Waals surface area contributed by atoms with Crippen LogP contribution in [0.25, 0.3) is 0 Å². The molecule has 0 aromatic heterocycles. The molecule has 2 N–H and O–H groups in total. The number of hydrogen-bond donors (Lipinski definition) is 2. The van der Waals surface area contributed by atoms with Crippen LogP contribution in [0.3, 0.4) is 0 Å². The van der Waals surface area contributed by atoms with Gasteiger partial charge < -0.3 is 15.4 Å². The molecule has 0 radical (unpaired) electrons. The summed E-state index contributed by atoms with van der Waals surface area (Å²) >= 11 is 18.2. The number of carbonyl (C=O) groups is 1. The highest BCUT2D eigenvalue weighted by Gasteiger charge is 2.09. The first-order valence-electron chi connectivity index (χ1n) is 9.82. The van der Waals surface area contributed by atoms with E-state index in [-0.39, 0.29) is 11.8 Å². The lowest BCUT2D eigenvalue weighted by Crippen LogP contribution is -2.17. The Morgan fingerprint density at radius 2 is 1.61 bits per heavy atom. The Kier molecular flexibility index (Phi) is 8.08. The second kappa shape index (κ2) is 10.8. The van der Waals surface area contributed by atoms with Gasteiger partial charge in [0.2, 0.25) is 5.91 Å². The van der Waals surface area contributed by atoms with Crippen molar-refractivity contribution >= 4 is 52.1 Å². The number of anilines is 2. The van der Waals surface area contributed by atoms with Crippen molar-refractivity contribution in [3.05, 3.63) is 86.9 Å². The maximum atomic E-state index is 11.8. The highest BCUT2D eigenvalue weighted by molar-refractivity contribution is 6.42. The molecule has 0 aliphatic rings. The number of ether oxygens (including phenoxy) is 1. The van der Waals surface area contributed by atoms with Gasteiger partial charge in [0.15, 0.2) is 0 Å². The molecule has 3 rings (SSSR count). The Bertz CT molecular complexity index is 1050. The molecule has 3 aromatic rings. The fourth-order valence-electron chi connectivity index (χ4n) is 2.77. The zero-order valence-electron chi connectivity index (χ0n) is 17.2. The predicted molar refractivity (Wildman–Crippen MR) is 129 cm³/mol. The van der Waals surface area contributed by atoms with E-state index in [0.717, 1.165) is 28.3 Å². The van der Waals surface area contributed by atoms with Gasteiger partial charge in [0.25, 0.3) is 0 Å². The molecule has 3 aromatic carbocycles. The lowest BCUT2D eigenvalue weighted by Gasteiger charge is -2.14. The average Bonchev–Trinajstić information content (AvgIpc) is 2.74. The second-order valence-electron chi connectivity index (χ2n) is 7.36. The van der Waals surface area contributed by atoms with Crippen LogP contribution in [0.1, 0.15) is 25.0 Å². The highest BCUT2D eigenvalue weighted by atomic mass is 35.5. The van der Waals surface area contributed by atoms with E-state index in [1.807, 2.05) is 56.3 Å². The summed E-state index contributed by atoms with van der Waals surface area (Å²) in [5.41, 5.74) is 3.52. The largest absolute Gasteiger partial charge is 0.489 e. The Hall–Kier alpha value is -2.40. The summed E-state index contributed by atoms with van der Waals surface area (Å²) in [5, 5.41) is 7.87. The van der Waals surface area contributed by atoms with Crippen molar-refractivity contribution in [2.45, 2.75) is 27.0 Å². The summed E-state index contributed by atoms with van der Waals surface area (Å²) in [6.07, 6.45) is 0. The number of halogens is 3. The maximum absolute atomic E-state index is 11.8. The van der Waals surface area contributed by atoms with E-state index >= 15 is 0 Å². The summed E-state index contributed by atoms with van der Waals surface area (Å²) in [7, 11) is 0. The van der Waals surface area contributed by atoms with Crippen LogP contribution in [0.2, 0.25) is 15.1 Å². The van der Waals surface area contributed by atoms with Crippen LogP contribution in [-0.2, 0) is 17.9 Å². The number of benzene rings is 3. The molecule has 0 heterocycles. The van der Waals surface area contributed by atoms with Crippen molar-refractivity contribution in [2.24, 2.45) is 5.92 Å². The van der Waals surface area contributed by atoms with Crippen molar-refractivity contribution in [2.75, 3.05) is 10.6 Å². The summed E-state index contributed by atoms with van der Waals surface area (Å²) in [6.45, 7) is 4.60. The number of carbonyl (C=O) groups excluding carboxylic acids is 1. The fourth-order valence-corrected chi connectivity index (χ4v) is 3.29. The van der Waals surface area contributed by atoms with Crippen molar-refractivity contribution < 1.29 is 9.53 Å². The van der Waals surface area contributed by atoms with Gasteiger partial charge in [-0.2, -0.15) is 0 Å². The highest BCUT2D eigenvalue weighted by Crippen LogP contribution is 2.27. The van der Waals surface area contributed by atoms with Gasteiger partial charge in [-0.1, -0.05) is 54.7 Å². The van der Waals surface area contributed by atoms with Crippen molar-refractivity contribution in [3.8, 4) is 5.75 Å². The number of nitrogens with one attached hydrogen (secondary N) is 2. The third kappa shape index (κ3) is 6.79. The van der Waals surface area contributed by atoms with E-state index in [0.29, 0.717) is 28.2 Å². The van der Waals surface area contributed by atoms with Crippen LogP contribution in [-0.4, -0.2) is 5.91 Å². The van der Waals surface area contributed by atoms with Gasteiger partial charge in [-0.15, -0.1) is 0 Å². The summed E-state index contributed by atoms with van der Waals surface area (Å²) in [6, 6.07) is 18.5. The molecule has 0 fully saturated rings. The Balaban J connectivity index is 1.64. The second-order valence-corrected chi connectivity index (χ2v) is 8.61. The van der Waals surface area contributed by atoms with Crippen molar-refractivity contribution in [1.82, 2.24) is 0 Å². The van der Waals surface area contributed by atoms with Crippen LogP contribution in [0.4, 0.5) is 11.4 Å². The first kappa shape index (κ1) is 23.3. The van der Waals surface area contributed by atoms with Crippen LogP contribution < -0.4 is 15.4 Å². The van der Waals surface area contributed by atoms with Gasteiger partial charge in [-0.3, -0.25) is 4.79 Å². The molecule has 1 amide bonds. The molecule has 7 heteroatoms. The van der Waals surface area contributed by atoms with Gasteiger partial charge in [0.1, 0.15) is 12.4 Å². The quantitative estimate of drug-likeness (QED) is 0.354. The van der Waals surface area contributed by atoms with E-state index in [9.17, 15) is 4.79 Å². The van der Waals surface area contributed by atoms with Gasteiger partial charge in [0.05, 0.1) is 10.0 Å². The topological polar surface area (TPSA) is 50.4 Å². The summed E-state index contributed by atoms with van der Waals surface area (Å²) in [4.78, 5) is 11.8. The minimum Gasteiger partial charge on any atom is -0.489 e. The van der Waals surface area contributed by atoms with E-state index in [1.54, 1.807) is 18.2 Å². The lowest BCUT2D eigenvalue weighted by atomic mass is 10.1. The molecule has 0 saturated carbocycles. The van der Waals surface area contributed by atoms with Crippen LogP contribution in [0.15, 0.2) is 60.7 Å². The van der Waals surface area contributed by atoms with Gasteiger partial charge in [0, 0.05) is 34.4 Å². The SMILES string of the molecule is CC(C)C(=O)Nc1ccc(NCc2cc(Cl)ccc2OCc2ccc(Cl)c(Cl)c2)cc1. The van der Waals surface area contributed by atoms with E-state index in [4.69, 9.17) is 39.5 Å². The Morgan fingerprint density at radius 1 is 0.903 bits per heavy atom. The van der Waals surface area contributed by atoms with Gasteiger partial charge >= 0.3 is 0 Å². The van der Waals surface area contributed by atoms with E-state index < -0.39 is 0 Å². The van der Waals surface area contributed by atoms with Crippen molar-refractivity contribution in [3.63, 3.8) is 0 Å². The predicted octanol–water partition coefficient (Wildman–Crippen LogP) is 7.43. The Labute approximate surface area is 197 Å². The van der Waals surface area contributed by atoms with Crippen molar-refractivity contribution in [1.29, 1.82) is 0 Å². The van der Waals surface area contributed by atoms with Gasteiger partial charge in [-0.25, -0.2) is 0 Å². The molecule has 0 aliphatic carbocycles. The summed E-state index contributed by atoms with van der Waals surface area (Å²) < 4.78 is 6.00. The molecule has 0 saturated heterocycles. The minimum absolute atomic E-state index is 0.0107. The van der Waals surface area contributed by atoms with E-state index in [1.165, 1.54) is 0 Å². The molecular formula is C24H23Cl3N2O2. The normalized spacial score (nSPS) is 10.8. The molecule has 0 unspecified atom stereocenters. The summed E-state index contributed by atoms with van der Waals surface area (Å²) in [5.74, 6) is 0.648. The molecule has 0 aliphatic heterocycles. The molecule has 0 bridgehead atoms. The fraction of sp³-hybridized carbons (Fsp3) is 0.208. The standard InChI is InChI=1S/C24H23Cl3N2O2/c1-15(2)24(30)29-20-7-5-19(6-8-20)28-13-17-12-18(25)4-10-23(17)31-14-16-3-9-21(26)22(27)11-16/h3-12,15,28H,13-14H2,1-2H3,(H,29,30). The molecule has 4 nitrogen and oxygen atoms in total. The maximum Gasteiger partial charge on any atom is 0.226 e. The molecule has 162 valence electrons. The number of rotatable bonds is 8. The third-order valence-corrected chi connectivity index (χ3v) is 5.53. The molecule has 0 atom stereocenters. The number of amides is 1. The van der Waals surface area contributed by atoms with Gasteiger partial charge in [-0.05, 0) is 60.2 Å². The Morgan fingerprint density at radius 3 is 2.29 bits per heavy atom. The van der Waals surface area contributed by atoms with Crippen LogP contribution >= 0.6 is 34.8 Å². The number of hydrogen-bond acceptors (Lipinski definition) is 3. The first-order valence-corrected chi connectivity index (χ1v) is 10.9. The molecule has 31 heavy (non-hydrogen) atoms. The molecular weight excluding hydrogens is 455 g/mol. The smallest absolute Gasteiger partial charge is 0.226 e. The minimum atomic E-state index is -0.0667. The molecule has 0 spiro atoms. The average molecular weight is 478 g/mol.